The predicted molar refractivity (Wildman–Crippen MR) is 109 cm³/mol. The molecule has 1 amide bonds. The second kappa shape index (κ2) is 8.48. The van der Waals surface area contributed by atoms with E-state index in [-0.39, 0.29) is 5.91 Å². The first-order valence-corrected chi connectivity index (χ1v) is 10.6. The molecule has 4 rings (SSSR count). The van der Waals surface area contributed by atoms with Crippen molar-refractivity contribution in [3.8, 4) is 0 Å². The molecule has 0 radical (unpaired) electrons. The van der Waals surface area contributed by atoms with Crippen molar-refractivity contribution in [3.05, 3.63) is 54.2 Å². The molecule has 1 aliphatic carbocycles. The van der Waals surface area contributed by atoms with Crippen LogP contribution < -0.4 is 0 Å². The number of hydrogen-bond donors (Lipinski definition) is 0. The van der Waals surface area contributed by atoms with Gasteiger partial charge in [0.1, 0.15) is 0 Å². The van der Waals surface area contributed by atoms with E-state index in [1.54, 1.807) is 18.4 Å². The van der Waals surface area contributed by atoms with Gasteiger partial charge in [-0.3, -0.25) is 9.78 Å². The number of carbonyl (C=O) groups is 1. The predicted octanol–water partition coefficient (Wildman–Crippen LogP) is 4.01. The summed E-state index contributed by atoms with van der Waals surface area (Å²) >= 11 is 0. The summed E-state index contributed by atoms with van der Waals surface area (Å²) in [5.41, 5.74) is 1.62. The number of likely N-dealkylation sites (tertiary alicyclic amines) is 1. The third kappa shape index (κ3) is 4.30. The minimum atomic E-state index is 0.0443. The smallest absolute Gasteiger partial charge is 0.289 e. The summed E-state index contributed by atoms with van der Waals surface area (Å²) in [6.07, 6.45) is 11.8. The first-order valence-electron chi connectivity index (χ1n) is 10.6. The van der Waals surface area contributed by atoms with Gasteiger partial charge >= 0.3 is 0 Å². The van der Waals surface area contributed by atoms with Gasteiger partial charge in [-0.15, -0.1) is 0 Å². The van der Waals surface area contributed by atoms with E-state index in [1.165, 1.54) is 31.4 Å². The highest BCUT2D eigenvalue weighted by Crippen LogP contribution is 2.45. The minimum absolute atomic E-state index is 0.0443. The lowest BCUT2D eigenvalue weighted by atomic mass is 9.66. The van der Waals surface area contributed by atoms with Crippen molar-refractivity contribution in [2.45, 2.75) is 51.0 Å². The Morgan fingerprint density at radius 2 is 1.96 bits per heavy atom. The zero-order valence-corrected chi connectivity index (χ0v) is 16.8. The van der Waals surface area contributed by atoms with Crippen LogP contribution in [0.2, 0.25) is 0 Å². The largest absolute Gasteiger partial charge is 0.459 e. The second-order valence-electron chi connectivity index (χ2n) is 8.55. The molecule has 0 aromatic carbocycles. The molecule has 1 spiro atoms. The zero-order chi connectivity index (χ0) is 19.4. The molecule has 28 heavy (non-hydrogen) atoms. The van der Waals surface area contributed by atoms with Crippen LogP contribution in [0.5, 0.6) is 0 Å². The summed E-state index contributed by atoms with van der Waals surface area (Å²) in [5, 5.41) is 0. The van der Waals surface area contributed by atoms with E-state index in [1.807, 2.05) is 17.2 Å². The maximum atomic E-state index is 12.5. The van der Waals surface area contributed by atoms with Crippen molar-refractivity contribution in [2.75, 3.05) is 26.7 Å². The van der Waals surface area contributed by atoms with Crippen LogP contribution in [0.3, 0.4) is 0 Å². The van der Waals surface area contributed by atoms with Crippen molar-refractivity contribution >= 4 is 5.91 Å². The Morgan fingerprint density at radius 1 is 1.18 bits per heavy atom. The Morgan fingerprint density at radius 3 is 2.61 bits per heavy atom. The standard InChI is InChI=1S/C23H31N3O2/c1-25(15-9-19-5-2-3-14-24-19)20-7-10-23(11-8-20)12-16-26(17-13-23)22(27)21-6-4-18-28-21/h2-6,14,18,20H,7-13,15-17H2,1H3. The van der Waals surface area contributed by atoms with Gasteiger partial charge in [-0.2, -0.15) is 0 Å². The number of rotatable bonds is 5. The van der Waals surface area contributed by atoms with E-state index in [0.717, 1.165) is 38.9 Å². The van der Waals surface area contributed by atoms with Crippen LogP contribution >= 0.6 is 0 Å². The lowest BCUT2D eigenvalue weighted by Crippen LogP contribution is -2.46. The summed E-state index contributed by atoms with van der Waals surface area (Å²) in [7, 11) is 2.26. The van der Waals surface area contributed by atoms with E-state index in [4.69, 9.17) is 4.42 Å². The number of amides is 1. The van der Waals surface area contributed by atoms with Crippen molar-refractivity contribution < 1.29 is 9.21 Å². The molecule has 1 aliphatic heterocycles. The van der Waals surface area contributed by atoms with E-state index in [0.29, 0.717) is 17.2 Å². The Bertz CT molecular complexity index is 741. The molecule has 2 aromatic rings. The number of pyridine rings is 1. The van der Waals surface area contributed by atoms with Crippen LogP contribution in [0.25, 0.3) is 0 Å². The summed E-state index contributed by atoms with van der Waals surface area (Å²) in [6, 6.07) is 10.4. The zero-order valence-electron chi connectivity index (χ0n) is 16.8. The summed E-state index contributed by atoms with van der Waals surface area (Å²) in [4.78, 5) is 21.4. The third-order valence-electron chi connectivity index (χ3n) is 6.93. The lowest BCUT2D eigenvalue weighted by molar-refractivity contribution is 0.0311. The monoisotopic (exact) mass is 381 g/mol. The molecule has 5 heteroatoms. The molecule has 0 atom stereocenters. The highest BCUT2D eigenvalue weighted by Gasteiger charge is 2.40. The van der Waals surface area contributed by atoms with Crippen LogP contribution in [-0.4, -0.2) is 53.4 Å². The summed E-state index contributed by atoms with van der Waals surface area (Å²) in [6.45, 7) is 2.79. The number of likely N-dealkylation sites (N-methyl/N-ethyl adjacent to an activating group) is 1. The molecule has 5 nitrogen and oxygen atoms in total. The molecular weight excluding hydrogens is 350 g/mol. The normalized spacial score (nSPS) is 20.0. The maximum absolute atomic E-state index is 12.5. The average Bonchev–Trinajstić information content (AvgIpc) is 3.28. The van der Waals surface area contributed by atoms with Crippen LogP contribution in [0.4, 0.5) is 0 Å². The van der Waals surface area contributed by atoms with Gasteiger partial charge in [-0.1, -0.05) is 6.07 Å². The highest BCUT2D eigenvalue weighted by atomic mass is 16.3. The van der Waals surface area contributed by atoms with Crippen molar-refractivity contribution in [1.82, 2.24) is 14.8 Å². The van der Waals surface area contributed by atoms with Gasteiger partial charge in [0.25, 0.3) is 5.91 Å². The van der Waals surface area contributed by atoms with Crippen LogP contribution in [0, 0.1) is 5.41 Å². The quantitative estimate of drug-likeness (QED) is 0.785. The Kier molecular flexibility index (Phi) is 5.81. The SMILES string of the molecule is CN(CCc1ccccn1)C1CCC2(CC1)CCN(C(=O)c1ccco1)CC2. The Labute approximate surface area is 167 Å². The van der Waals surface area contributed by atoms with Gasteiger partial charge in [-0.25, -0.2) is 0 Å². The molecule has 0 N–H and O–H groups in total. The molecule has 3 heterocycles. The van der Waals surface area contributed by atoms with Gasteiger partial charge in [-0.05, 0) is 75.3 Å². The number of aromatic nitrogens is 1. The average molecular weight is 382 g/mol. The summed E-state index contributed by atoms with van der Waals surface area (Å²) < 4.78 is 5.28. The van der Waals surface area contributed by atoms with Crippen molar-refractivity contribution in [3.63, 3.8) is 0 Å². The molecule has 2 fully saturated rings. The van der Waals surface area contributed by atoms with Gasteiger partial charge in [0.15, 0.2) is 5.76 Å². The van der Waals surface area contributed by atoms with Crippen LogP contribution in [0.1, 0.15) is 54.8 Å². The number of piperidine rings is 1. The van der Waals surface area contributed by atoms with Gasteiger partial charge in [0, 0.05) is 44.0 Å². The molecule has 0 unspecified atom stereocenters. The fraction of sp³-hybridized carbons (Fsp3) is 0.565. The molecular formula is C23H31N3O2. The van der Waals surface area contributed by atoms with Crippen molar-refractivity contribution in [2.24, 2.45) is 5.41 Å². The fourth-order valence-electron chi connectivity index (χ4n) is 4.92. The fourth-order valence-corrected chi connectivity index (χ4v) is 4.92. The molecule has 2 aromatic heterocycles. The van der Waals surface area contributed by atoms with Crippen molar-refractivity contribution in [1.29, 1.82) is 0 Å². The molecule has 1 saturated heterocycles. The molecule has 150 valence electrons. The topological polar surface area (TPSA) is 49.6 Å². The number of furan rings is 1. The highest BCUT2D eigenvalue weighted by molar-refractivity contribution is 5.91. The summed E-state index contributed by atoms with van der Waals surface area (Å²) in [5.74, 6) is 0.511. The van der Waals surface area contributed by atoms with Gasteiger partial charge in [0.2, 0.25) is 0 Å². The number of hydrogen-bond acceptors (Lipinski definition) is 4. The number of nitrogens with zero attached hydrogens (tertiary/aromatic N) is 3. The second-order valence-corrected chi connectivity index (χ2v) is 8.55. The first kappa shape index (κ1) is 19.2. The third-order valence-corrected chi connectivity index (χ3v) is 6.93. The number of carbonyl (C=O) groups excluding carboxylic acids is 1. The Hall–Kier alpha value is -2.14. The van der Waals surface area contributed by atoms with Gasteiger partial charge in [0.05, 0.1) is 6.26 Å². The van der Waals surface area contributed by atoms with E-state index in [2.05, 4.69) is 29.1 Å². The Balaban J connectivity index is 1.23. The van der Waals surface area contributed by atoms with Crippen LogP contribution in [0.15, 0.2) is 47.2 Å². The van der Waals surface area contributed by atoms with E-state index < -0.39 is 0 Å². The molecule has 0 bridgehead atoms. The van der Waals surface area contributed by atoms with E-state index >= 15 is 0 Å². The minimum Gasteiger partial charge on any atom is -0.459 e. The molecule has 1 saturated carbocycles. The first-order chi connectivity index (χ1) is 13.7. The van der Waals surface area contributed by atoms with E-state index in [9.17, 15) is 4.79 Å². The maximum Gasteiger partial charge on any atom is 0.289 e. The van der Waals surface area contributed by atoms with Crippen LogP contribution in [-0.2, 0) is 6.42 Å². The lowest BCUT2D eigenvalue weighted by Gasteiger charge is -2.47. The molecule has 2 aliphatic rings. The van der Waals surface area contributed by atoms with Gasteiger partial charge < -0.3 is 14.2 Å².